The molecule has 2 nitrogen and oxygen atoms in total. The van der Waals surface area contributed by atoms with E-state index in [2.05, 4.69) is 41.4 Å². The molecule has 1 aromatic carbocycles. The molecule has 1 heterocycles. The first kappa shape index (κ1) is 12.2. The van der Waals surface area contributed by atoms with Gasteiger partial charge in [-0.1, -0.05) is 24.3 Å². The van der Waals surface area contributed by atoms with Crippen molar-refractivity contribution < 1.29 is 0 Å². The first-order valence-corrected chi connectivity index (χ1v) is 7.29. The molecule has 0 aromatic heterocycles. The Bertz CT molecular complexity index is 403. The van der Waals surface area contributed by atoms with Crippen molar-refractivity contribution in [2.45, 2.75) is 51.2 Å². The molecule has 0 bridgehead atoms. The van der Waals surface area contributed by atoms with E-state index in [1.54, 1.807) is 0 Å². The van der Waals surface area contributed by atoms with Crippen LogP contribution in [0.5, 0.6) is 0 Å². The zero-order valence-corrected chi connectivity index (χ0v) is 11.4. The predicted octanol–water partition coefficient (Wildman–Crippen LogP) is 2.92. The maximum atomic E-state index is 3.66. The third kappa shape index (κ3) is 3.12. The van der Waals surface area contributed by atoms with E-state index < -0.39 is 0 Å². The van der Waals surface area contributed by atoms with E-state index in [1.165, 1.54) is 49.9 Å². The fraction of sp³-hybridized carbons (Fsp3) is 0.625. The molecule has 0 spiro atoms. The Labute approximate surface area is 110 Å². The van der Waals surface area contributed by atoms with Crippen LogP contribution < -0.4 is 5.32 Å². The van der Waals surface area contributed by atoms with E-state index in [0.717, 1.165) is 13.1 Å². The summed E-state index contributed by atoms with van der Waals surface area (Å²) < 4.78 is 0. The SMILES string of the molecule is CC1(NCc2cccc(CN3CCCC3)c2)CC1. The normalized spacial score (nSPS) is 22.3. The maximum Gasteiger partial charge on any atom is 0.0233 e. The fourth-order valence-corrected chi connectivity index (χ4v) is 2.72. The van der Waals surface area contributed by atoms with E-state index >= 15 is 0 Å². The molecule has 0 unspecified atom stereocenters. The summed E-state index contributed by atoms with van der Waals surface area (Å²) in [5.41, 5.74) is 3.34. The lowest BCUT2D eigenvalue weighted by Gasteiger charge is -2.16. The molecule has 98 valence electrons. The topological polar surface area (TPSA) is 15.3 Å². The van der Waals surface area contributed by atoms with Crippen LogP contribution in [-0.2, 0) is 13.1 Å². The van der Waals surface area contributed by atoms with Gasteiger partial charge in [0.15, 0.2) is 0 Å². The Balaban J connectivity index is 1.57. The molecule has 1 N–H and O–H groups in total. The molecular formula is C16H24N2. The van der Waals surface area contributed by atoms with Crippen LogP contribution in [0.3, 0.4) is 0 Å². The molecule has 0 amide bonds. The van der Waals surface area contributed by atoms with E-state index in [0.29, 0.717) is 5.54 Å². The zero-order chi connectivity index (χ0) is 12.4. The molecule has 1 aliphatic carbocycles. The minimum atomic E-state index is 0.435. The van der Waals surface area contributed by atoms with E-state index in [4.69, 9.17) is 0 Å². The second kappa shape index (κ2) is 5.02. The molecule has 1 aromatic rings. The molecule has 0 radical (unpaired) electrons. The highest BCUT2D eigenvalue weighted by atomic mass is 15.1. The van der Waals surface area contributed by atoms with Crippen LogP contribution in [0.4, 0.5) is 0 Å². The Kier molecular flexibility index (Phi) is 3.40. The van der Waals surface area contributed by atoms with Crippen LogP contribution in [-0.4, -0.2) is 23.5 Å². The highest BCUT2D eigenvalue weighted by Gasteiger charge is 2.36. The highest BCUT2D eigenvalue weighted by molar-refractivity contribution is 5.24. The van der Waals surface area contributed by atoms with Crippen LogP contribution in [0.25, 0.3) is 0 Å². The van der Waals surface area contributed by atoms with Crippen molar-refractivity contribution in [1.82, 2.24) is 10.2 Å². The van der Waals surface area contributed by atoms with Gasteiger partial charge >= 0.3 is 0 Å². The van der Waals surface area contributed by atoms with E-state index in [9.17, 15) is 0 Å². The van der Waals surface area contributed by atoms with Gasteiger partial charge in [-0.15, -0.1) is 0 Å². The van der Waals surface area contributed by atoms with Crippen molar-refractivity contribution in [3.63, 3.8) is 0 Å². The van der Waals surface area contributed by atoms with E-state index in [-0.39, 0.29) is 0 Å². The van der Waals surface area contributed by atoms with Gasteiger partial charge in [0, 0.05) is 18.6 Å². The van der Waals surface area contributed by atoms with Gasteiger partial charge in [0.1, 0.15) is 0 Å². The van der Waals surface area contributed by atoms with Crippen LogP contribution in [0.1, 0.15) is 43.7 Å². The molecule has 3 rings (SSSR count). The smallest absolute Gasteiger partial charge is 0.0233 e. The molecular weight excluding hydrogens is 220 g/mol. The molecule has 2 aliphatic rings. The summed E-state index contributed by atoms with van der Waals surface area (Å²) in [4.78, 5) is 2.56. The molecule has 1 aliphatic heterocycles. The summed E-state index contributed by atoms with van der Waals surface area (Å²) in [6, 6.07) is 9.08. The van der Waals surface area contributed by atoms with Crippen molar-refractivity contribution in [1.29, 1.82) is 0 Å². The fourth-order valence-electron chi connectivity index (χ4n) is 2.72. The lowest BCUT2D eigenvalue weighted by atomic mass is 10.1. The van der Waals surface area contributed by atoms with Gasteiger partial charge in [0.05, 0.1) is 0 Å². The standard InChI is InChI=1S/C16H24N2/c1-16(7-8-16)17-12-14-5-4-6-15(11-14)13-18-9-2-3-10-18/h4-6,11,17H,2-3,7-10,12-13H2,1H3. The van der Waals surface area contributed by atoms with Gasteiger partial charge in [0.2, 0.25) is 0 Å². The minimum Gasteiger partial charge on any atom is -0.307 e. The third-order valence-corrected chi connectivity index (χ3v) is 4.32. The third-order valence-electron chi connectivity index (χ3n) is 4.32. The van der Waals surface area contributed by atoms with E-state index in [1.807, 2.05) is 0 Å². The van der Waals surface area contributed by atoms with Crippen molar-refractivity contribution in [2.24, 2.45) is 0 Å². The summed E-state index contributed by atoms with van der Waals surface area (Å²) in [5.74, 6) is 0. The lowest BCUT2D eigenvalue weighted by Crippen LogP contribution is -2.27. The number of benzene rings is 1. The number of hydrogen-bond donors (Lipinski definition) is 1. The lowest BCUT2D eigenvalue weighted by molar-refractivity contribution is 0.331. The Hall–Kier alpha value is -0.860. The first-order chi connectivity index (χ1) is 8.73. The molecule has 2 fully saturated rings. The van der Waals surface area contributed by atoms with Gasteiger partial charge in [-0.05, 0) is 56.8 Å². The summed E-state index contributed by atoms with van der Waals surface area (Å²) in [7, 11) is 0. The van der Waals surface area contributed by atoms with Crippen molar-refractivity contribution in [3.8, 4) is 0 Å². The molecule has 2 heteroatoms. The number of hydrogen-bond acceptors (Lipinski definition) is 2. The van der Waals surface area contributed by atoms with Crippen LogP contribution >= 0.6 is 0 Å². The quantitative estimate of drug-likeness (QED) is 0.856. The summed E-state index contributed by atoms with van der Waals surface area (Å²) >= 11 is 0. The Morgan fingerprint density at radius 1 is 1.17 bits per heavy atom. The Morgan fingerprint density at radius 3 is 2.61 bits per heavy atom. The van der Waals surface area contributed by atoms with Gasteiger partial charge in [-0.2, -0.15) is 0 Å². The van der Waals surface area contributed by atoms with Crippen molar-refractivity contribution >= 4 is 0 Å². The van der Waals surface area contributed by atoms with Gasteiger partial charge in [0.25, 0.3) is 0 Å². The molecule has 18 heavy (non-hydrogen) atoms. The second-order valence-corrected chi connectivity index (χ2v) is 6.22. The Morgan fingerprint density at radius 2 is 1.89 bits per heavy atom. The summed E-state index contributed by atoms with van der Waals surface area (Å²) in [6.07, 6.45) is 5.42. The van der Waals surface area contributed by atoms with Crippen molar-refractivity contribution in [2.75, 3.05) is 13.1 Å². The predicted molar refractivity (Wildman–Crippen MR) is 75.4 cm³/mol. The average molecular weight is 244 g/mol. The molecule has 1 saturated carbocycles. The van der Waals surface area contributed by atoms with Gasteiger partial charge < -0.3 is 5.32 Å². The average Bonchev–Trinajstić information content (AvgIpc) is 2.89. The monoisotopic (exact) mass is 244 g/mol. The number of nitrogens with zero attached hydrogens (tertiary/aromatic N) is 1. The summed E-state index contributed by atoms with van der Waals surface area (Å²) in [5, 5.41) is 3.66. The molecule has 1 saturated heterocycles. The minimum absolute atomic E-state index is 0.435. The van der Waals surface area contributed by atoms with Gasteiger partial charge in [-0.3, -0.25) is 4.90 Å². The highest BCUT2D eigenvalue weighted by Crippen LogP contribution is 2.34. The maximum absolute atomic E-state index is 3.66. The first-order valence-electron chi connectivity index (χ1n) is 7.29. The second-order valence-electron chi connectivity index (χ2n) is 6.22. The molecule has 0 atom stereocenters. The number of likely N-dealkylation sites (tertiary alicyclic amines) is 1. The largest absolute Gasteiger partial charge is 0.307 e. The number of rotatable bonds is 5. The summed E-state index contributed by atoms with van der Waals surface area (Å²) in [6.45, 7) is 7.03. The van der Waals surface area contributed by atoms with Gasteiger partial charge in [-0.25, -0.2) is 0 Å². The van der Waals surface area contributed by atoms with Crippen LogP contribution in [0.2, 0.25) is 0 Å². The van der Waals surface area contributed by atoms with Crippen LogP contribution in [0, 0.1) is 0 Å². The number of nitrogens with one attached hydrogen (secondary N) is 1. The van der Waals surface area contributed by atoms with Crippen LogP contribution in [0.15, 0.2) is 24.3 Å². The van der Waals surface area contributed by atoms with Crippen molar-refractivity contribution in [3.05, 3.63) is 35.4 Å². The zero-order valence-electron chi connectivity index (χ0n) is 11.4.